The smallest absolute Gasteiger partial charge is 0.238 e. The van der Waals surface area contributed by atoms with Crippen molar-refractivity contribution in [1.29, 1.82) is 0 Å². The molecule has 0 fully saturated rings. The molecule has 0 unspecified atom stereocenters. The molecule has 1 heterocycles. The van der Waals surface area contributed by atoms with Crippen molar-refractivity contribution in [2.45, 2.75) is 6.54 Å². The van der Waals surface area contributed by atoms with Gasteiger partial charge >= 0.3 is 0 Å². The Hall–Kier alpha value is -1.59. The normalized spacial score (nSPS) is 15.9. The highest BCUT2D eigenvalue weighted by Gasteiger charge is 2.16. The number of rotatable bonds is 3. The van der Waals surface area contributed by atoms with E-state index in [9.17, 15) is 4.79 Å². The van der Waals surface area contributed by atoms with Gasteiger partial charge in [-0.15, -0.1) is 0 Å². The summed E-state index contributed by atoms with van der Waals surface area (Å²) in [5, 5.41) is 2.95. The highest BCUT2D eigenvalue weighted by Crippen LogP contribution is 2.27. The van der Waals surface area contributed by atoms with Crippen LogP contribution in [0.4, 0.5) is 11.4 Å². The third-order valence-electron chi connectivity index (χ3n) is 3.50. The summed E-state index contributed by atoms with van der Waals surface area (Å²) >= 11 is 0. The van der Waals surface area contributed by atoms with E-state index in [1.807, 2.05) is 25.1 Å². The fraction of sp³-hybridized carbons (Fsp3) is 0.533. The third-order valence-corrected chi connectivity index (χ3v) is 3.50. The van der Waals surface area contributed by atoms with Crippen molar-refractivity contribution in [1.82, 2.24) is 9.80 Å². The first-order valence-corrected chi connectivity index (χ1v) is 6.93. The zero-order valence-corrected chi connectivity index (χ0v) is 12.8. The van der Waals surface area contributed by atoms with Crippen molar-refractivity contribution in [3.63, 3.8) is 0 Å². The lowest BCUT2D eigenvalue weighted by Gasteiger charge is -2.20. The van der Waals surface area contributed by atoms with Crippen LogP contribution in [0.1, 0.15) is 5.56 Å². The predicted molar refractivity (Wildman–Crippen MR) is 83.2 cm³/mol. The quantitative estimate of drug-likeness (QED) is 0.896. The summed E-state index contributed by atoms with van der Waals surface area (Å²) < 4.78 is 0. The maximum Gasteiger partial charge on any atom is 0.238 e. The molecule has 0 aliphatic carbocycles. The fourth-order valence-electron chi connectivity index (χ4n) is 2.43. The van der Waals surface area contributed by atoms with Crippen LogP contribution in [-0.4, -0.2) is 63.5 Å². The predicted octanol–water partition coefficient (Wildman–Crippen LogP) is 1.07. The number of fused-ring (bicyclic) bond motifs is 1. The van der Waals surface area contributed by atoms with Crippen molar-refractivity contribution in [3.8, 4) is 0 Å². The Balaban J connectivity index is 2.16. The minimum Gasteiger partial charge on any atom is -0.373 e. The van der Waals surface area contributed by atoms with Crippen molar-refractivity contribution < 1.29 is 4.79 Å². The number of anilines is 2. The number of nitrogens with one attached hydrogen (secondary N) is 1. The summed E-state index contributed by atoms with van der Waals surface area (Å²) in [4.78, 5) is 18.2. The van der Waals surface area contributed by atoms with Gasteiger partial charge in [0.25, 0.3) is 0 Å². The van der Waals surface area contributed by atoms with Gasteiger partial charge in [0.15, 0.2) is 0 Å². The van der Waals surface area contributed by atoms with Crippen LogP contribution in [0.3, 0.4) is 0 Å². The molecule has 1 aromatic rings. The number of carbonyl (C=O) groups excluding carboxylic acids is 1. The summed E-state index contributed by atoms with van der Waals surface area (Å²) in [6, 6.07) is 6.17. The Morgan fingerprint density at radius 2 is 2.05 bits per heavy atom. The van der Waals surface area contributed by atoms with E-state index in [1.54, 1.807) is 0 Å². The van der Waals surface area contributed by atoms with E-state index in [0.717, 1.165) is 25.3 Å². The molecule has 0 saturated heterocycles. The van der Waals surface area contributed by atoms with E-state index in [2.05, 4.69) is 41.3 Å². The molecule has 0 saturated carbocycles. The molecule has 1 aromatic carbocycles. The second kappa shape index (κ2) is 6.24. The van der Waals surface area contributed by atoms with Crippen LogP contribution in [0.25, 0.3) is 0 Å². The molecule has 1 aliphatic rings. The Labute approximate surface area is 121 Å². The second-order valence-electron chi connectivity index (χ2n) is 5.79. The van der Waals surface area contributed by atoms with Gasteiger partial charge in [0, 0.05) is 38.1 Å². The zero-order chi connectivity index (χ0) is 14.7. The van der Waals surface area contributed by atoms with E-state index in [4.69, 9.17) is 0 Å². The van der Waals surface area contributed by atoms with Crippen LogP contribution in [-0.2, 0) is 11.3 Å². The van der Waals surface area contributed by atoms with E-state index in [0.29, 0.717) is 6.54 Å². The van der Waals surface area contributed by atoms with Gasteiger partial charge < -0.3 is 20.0 Å². The molecule has 0 atom stereocenters. The van der Waals surface area contributed by atoms with Gasteiger partial charge in [-0.2, -0.15) is 0 Å². The Kier molecular flexibility index (Phi) is 4.62. The molecule has 1 amide bonds. The minimum atomic E-state index is 0.0170. The van der Waals surface area contributed by atoms with E-state index < -0.39 is 0 Å². The number of nitrogens with zero attached hydrogens (tertiary/aromatic N) is 3. The highest BCUT2D eigenvalue weighted by molar-refractivity contribution is 5.92. The van der Waals surface area contributed by atoms with Crippen LogP contribution in [0, 0.1) is 0 Å². The molecule has 5 heteroatoms. The largest absolute Gasteiger partial charge is 0.373 e. The molecule has 110 valence electrons. The molecular formula is C15H24N4O. The van der Waals surface area contributed by atoms with E-state index >= 15 is 0 Å². The molecule has 20 heavy (non-hydrogen) atoms. The fourth-order valence-corrected chi connectivity index (χ4v) is 2.43. The molecule has 0 bridgehead atoms. The van der Waals surface area contributed by atoms with Gasteiger partial charge in [0.2, 0.25) is 5.91 Å². The molecule has 0 spiro atoms. The molecule has 5 nitrogen and oxygen atoms in total. The van der Waals surface area contributed by atoms with Crippen molar-refractivity contribution in [2.75, 3.05) is 58.0 Å². The van der Waals surface area contributed by atoms with Gasteiger partial charge in [-0.3, -0.25) is 4.79 Å². The van der Waals surface area contributed by atoms with Crippen LogP contribution in [0.15, 0.2) is 18.2 Å². The number of likely N-dealkylation sites (N-methyl/N-ethyl adjacent to an activating group) is 3. The van der Waals surface area contributed by atoms with Gasteiger partial charge in [0.05, 0.1) is 6.54 Å². The van der Waals surface area contributed by atoms with Crippen LogP contribution < -0.4 is 10.2 Å². The van der Waals surface area contributed by atoms with Crippen molar-refractivity contribution in [2.24, 2.45) is 0 Å². The van der Waals surface area contributed by atoms with Crippen molar-refractivity contribution >= 4 is 17.3 Å². The minimum absolute atomic E-state index is 0.0170. The second-order valence-corrected chi connectivity index (χ2v) is 5.79. The van der Waals surface area contributed by atoms with Crippen LogP contribution >= 0.6 is 0 Å². The number of amides is 1. The van der Waals surface area contributed by atoms with E-state index in [1.165, 1.54) is 11.3 Å². The maximum absolute atomic E-state index is 11.8. The summed E-state index contributed by atoms with van der Waals surface area (Å²) in [6.07, 6.45) is 0. The average molecular weight is 276 g/mol. The SMILES string of the molecule is CN(C)CC(=O)Nc1ccc2c(c1)N(C)CCN(C)C2. The molecule has 0 aromatic heterocycles. The molecule has 2 rings (SSSR count). The standard InChI is InChI=1S/C15H24N4O/c1-17(2)11-15(20)16-13-6-5-12-10-18(3)7-8-19(4)14(12)9-13/h5-6,9H,7-8,10-11H2,1-4H3,(H,16,20). The maximum atomic E-state index is 11.8. The number of hydrogen-bond acceptors (Lipinski definition) is 4. The molecular weight excluding hydrogens is 252 g/mol. The van der Waals surface area contributed by atoms with Crippen LogP contribution in [0.2, 0.25) is 0 Å². The monoisotopic (exact) mass is 276 g/mol. The lowest BCUT2D eigenvalue weighted by atomic mass is 10.1. The van der Waals surface area contributed by atoms with Gasteiger partial charge in [-0.1, -0.05) is 6.07 Å². The number of benzene rings is 1. The molecule has 0 radical (unpaired) electrons. The summed E-state index contributed by atoms with van der Waals surface area (Å²) in [7, 11) is 8.01. The van der Waals surface area contributed by atoms with E-state index in [-0.39, 0.29) is 5.91 Å². The number of hydrogen-bond donors (Lipinski definition) is 1. The zero-order valence-electron chi connectivity index (χ0n) is 12.8. The van der Waals surface area contributed by atoms with Gasteiger partial charge in [-0.05, 0) is 38.8 Å². The lowest BCUT2D eigenvalue weighted by molar-refractivity contribution is -0.116. The number of carbonyl (C=O) groups is 1. The Bertz CT molecular complexity index is 487. The Morgan fingerprint density at radius 3 is 2.75 bits per heavy atom. The third kappa shape index (κ3) is 3.71. The summed E-state index contributed by atoms with van der Waals surface area (Å²) in [5.41, 5.74) is 3.38. The first-order chi connectivity index (χ1) is 9.45. The average Bonchev–Trinajstić information content (AvgIpc) is 2.49. The lowest BCUT2D eigenvalue weighted by Crippen LogP contribution is -2.27. The first kappa shape index (κ1) is 14.8. The Morgan fingerprint density at radius 1 is 1.30 bits per heavy atom. The summed E-state index contributed by atoms with van der Waals surface area (Å²) in [5.74, 6) is 0.0170. The van der Waals surface area contributed by atoms with Gasteiger partial charge in [-0.25, -0.2) is 0 Å². The van der Waals surface area contributed by atoms with Gasteiger partial charge in [0.1, 0.15) is 0 Å². The summed E-state index contributed by atoms with van der Waals surface area (Å²) in [6.45, 7) is 3.40. The highest BCUT2D eigenvalue weighted by atomic mass is 16.2. The first-order valence-electron chi connectivity index (χ1n) is 6.93. The molecule has 1 N–H and O–H groups in total. The van der Waals surface area contributed by atoms with Crippen molar-refractivity contribution in [3.05, 3.63) is 23.8 Å². The van der Waals surface area contributed by atoms with Crippen LogP contribution in [0.5, 0.6) is 0 Å². The molecule has 1 aliphatic heterocycles. The topological polar surface area (TPSA) is 38.8 Å².